The summed E-state index contributed by atoms with van der Waals surface area (Å²) in [5, 5.41) is 5.16. The van der Waals surface area contributed by atoms with Crippen LogP contribution in [0.3, 0.4) is 0 Å². The molecule has 112 valence electrons. The van der Waals surface area contributed by atoms with Gasteiger partial charge < -0.3 is 5.32 Å². The second-order valence-electron chi connectivity index (χ2n) is 6.08. The molecule has 4 rings (SSSR count). The normalized spacial score (nSPS) is 21.5. The van der Waals surface area contributed by atoms with Crippen molar-refractivity contribution in [1.82, 2.24) is 10.2 Å². The molecule has 2 heterocycles. The smallest absolute Gasteiger partial charge is 0.261 e. The van der Waals surface area contributed by atoms with Crippen LogP contribution in [0.5, 0.6) is 0 Å². The molecule has 2 aliphatic heterocycles. The van der Waals surface area contributed by atoms with E-state index in [1.807, 2.05) is 36.4 Å². The van der Waals surface area contributed by atoms with Crippen LogP contribution in [0.25, 0.3) is 10.8 Å². The largest absolute Gasteiger partial charge is 0.312 e. The van der Waals surface area contributed by atoms with E-state index in [0.29, 0.717) is 17.7 Å². The molecule has 2 aromatic carbocycles. The van der Waals surface area contributed by atoms with E-state index in [9.17, 15) is 9.59 Å². The van der Waals surface area contributed by atoms with Gasteiger partial charge in [-0.05, 0) is 36.9 Å². The van der Waals surface area contributed by atoms with Crippen molar-refractivity contribution in [3.8, 4) is 0 Å². The lowest BCUT2D eigenvalue weighted by Crippen LogP contribution is -2.49. The average Bonchev–Trinajstić information content (AvgIpc) is 2.57. The summed E-state index contributed by atoms with van der Waals surface area (Å²) >= 11 is 0. The van der Waals surface area contributed by atoms with E-state index in [1.165, 1.54) is 11.3 Å². The first-order valence-corrected chi connectivity index (χ1v) is 7.87. The molecule has 1 atom stereocenters. The Balaban J connectivity index is 1.75. The van der Waals surface area contributed by atoms with Gasteiger partial charge >= 0.3 is 0 Å². The molecule has 1 fully saturated rings. The first-order valence-electron chi connectivity index (χ1n) is 7.87. The van der Waals surface area contributed by atoms with Gasteiger partial charge in [-0.2, -0.15) is 0 Å². The molecule has 1 unspecified atom stereocenters. The zero-order chi connectivity index (χ0) is 15.1. The Morgan fingerprint density at radius 1 is 1.00 bits per heavy atom. The Morgan fingerprint density at radius 2 is 1.68 bits per heavy atom. The number of benzene rings is 2. The second kappa shape index (κ2) is 5.21. The van der Waals surface area contributed by atoms with Crippen molar-refractivity contribution in [3.05, 3.63) is 47.5 Å². The molecule has 22 heavy (non-hydrogen) atoms. The molecule has 2 aromatic rings. The molecule has 0 spiro atoms. The average molecular weight is 294 g/mol. The van der Waals surface area contributed by atoms with Crippen molar-refractivity contribution in [2.24, 2.45) is 0 Å². The summed E-state index contributed by atoms with van der Waals surface area (Å²) in [6, 6.07) is 11.5. The number of hydrogen-bond donors (Lipinski definition) is 1. The predicted octanol–water partition coefficient (Wildman–Crippen LogP) is 2.58. The lowest BCUT2D eigenvalue weighted by molar-refractivity contribution is 0.0588. The summed E-state index contributed by atoms with van der Waals surface area (Å²) in [5.41, 5.74) is 1.28. The summed E-state index contributed by atoms with van der Waals surface area (Å²) in [7, 11) is 0. The van der Waals surface area contributed by atoms with Crippen LogP contribution in [-0.2, 0) is 0 Å². The van der Waals surface area contributed by atoms with E-state index < -0.39 is 0 Å². The van der Waals surface area contributed by atoms with Gasteiger partial charge in [0.05, 0.1) is 0 Å². The number of hydrogen-bond acceptors (Lipinski definition) is 3. The van der Waals surface area contributed by atoms with E-state index in [0.717, 1.165) is 30.2 Å². The van der Waals surface area contributed by atoms with Gasteiger partial charge in [-0.15, -0.1) is 0 Å². The molecule has 2 amide bonds. The molecular formula is C18H18N2O2. The fourth-order valence-electron chi connectivity index (χ4n) is 3.55. The van der Waals surface area contributed by atoms with E-state index in [1.54, 1.807) is 0 Å². The topological polar surface area (TPSA) is 49.4 Å². The SMILES string of the molecule is O=C1c2cccc3cccc(c23)C(=O)N1CC1CCCCN1. The van der Waals surface area contributed by atoms with E-state index in [4.69, 9.17) is 0 Å². The number of rotatable bonds is 2. The molecule has 2 aliphatic rings. The van der Waals surface area contributed by atoms with E-state index >= 15 is 0 Å². The Labute approximate surface area is 129 Å². The monoisotopic (exact) mass is 294 g/mol. The standard InChI is InChI=1S/C18H18N2O2/c21-17-14-8-3-5-12-6-4-9-15(16(12)14)18(22)20(17)11-13-7-1-2-10-19-13/h3-6,8-9,13,19H,1-2,7,10-11H2. The zero-order valence-corrected chi connectivity index (χ0v) is 12.3. The summed E-state index contributed by atoms with van der Waals surface area (Å²) < 4.78 is 0. The molecule has 0 aromatic heterocycles. The molecule has 0 saturated carbocycles. The first kappa shape index (κ1) is 13.5. The van der Waals surface area contributed by atoms with Crippen LogP contribution < -0.4 is 5.32 Å². The molecule has 0 aliphatic carbocycles. The number of nitrogens with one attached hydrogen (secondary N) is 1. The Bertz CT molecular complexity index is 712. The third-order valence-corrected chi connectivity index (χ3v) is 4.67. The van der Waals surface area contributed by atoms with Crippen LogP contribution in [-0.4, -0.2) is 35.8 Å². The molecule has 0 radical (unpaired) electrons. The molecule has 4 heteroatoms. The third kappa shape index (κ3) is 2.03. The molecule has 1 N–H and O–H groups in total. The van der Waals surface area contributed by atoms with Gasteiger partial charge in [0, 0.05) is 29.1 Å². The number of piperidine rings is 1. The van der Waals surface area contributed by atoms with Gasteiger partial charge in [-0.1, -0.05) is 30.7 Å². The van der Waals surface area contributed by atoms with Crippen LogP contribution in [0.15, 0.2) is 36.4 Å². The van der Waals surface area contributed by atoms with Crippen molar-refractivity contribution in [2.45, 2.75) is 25.3 Å². The van der Waals surface area contributed by atoms with E-state index in [2.05, 4.69) is 5.32 Å². The Kier molecular flexibility index (Phi) is 3.19. The van der Waals surface area contributed by atoms with Crippen molar-refractivity contribution in [3.63, 3.8) is 0 Å². The van der Waals surface area contributed by atoms with Crippen LogP contribution >= 0.6 is 0 Å². The van der Waals surface area contributed by atoms with Crippen molar-refractivity contribution in [1.29, 1.82) is 0 Å². The molecule has 0 bridgehead atoms. The molecule has 4 nitrogen and oxygen atoms in total. The van der Waals surface area contributed by atoms with Crippen molar-refractivity contribution in [2.75, 3.05) is 13.1 Å². The number of carbonyl (C=O) groups is 2. The highest BCUT2D eigenvalue weighted by Crippen LogP contribution is 2.30. The van der Waals surface area contributed by atoms with Crippen LogP contribution in [0.1, 0.15) is 40.0 Å². The van der Waals surface area contributed by atoms with Crippen LogP contribution in [0.2, 0.25) is 0 Å². The fourth-order valence-corrected chi connectivity index (χ4v) is 3.55. The fraction of sp³-hybridized carbons (Fsp3) is 0.333. The Hall–Kier alpha value is -2.20. The van der Waals surface area contributed by atoms with Crippen molar-refractivity contribution >= 4 is 22.6 Å². The summed E-state index contributed by atoms with van der Waals surface area (Å²) in [5.74, 6) is -0.330. The number of amides is 2. The molecule has 1 saturated heterocycles. The highest BCUT2D eigenvalue weighted by molar-refractivity contribution is 6.25. The lowest BCUT2D eigenvalue weighted by atomic mass is 9.93. The minimum absolute atomic E-state index is 0.165. The quantitative estimate of drug-likeness (QED) is 0.866. The van der Waals surface area contributed by atoms with Gasteiger partial charge in [0.25, 0.3) is 11.8 Å². The minimum atomic E-state index is -0.165. The number of imide groups is 1. The Morgan fingerprint density at radius 3 is 2.27 bits per heavy atom. The maximum Gasteiger partial charge on any atom is 0.261 e. The maximum absolute atomic E-state index is 12.8. The van der Waals surface area contributed by atoms with Crippen LogP contribution in [0, 0.1) is 0 Å². The highest BCUT2D eigenvalue weighted by Gasteiger charge is 2.34. The summed E-state index contributed by atoms with van der Waals surface area (Å²) in [4.78, 5) is 26.9. The predicted molar refractivity (Wildman–Crippen MR) is 85.0 cm³/mol. The minimum Gasteiger partial charge on any atom is -0.312 e. The van der Waals surface area contributed by atoms with Crippen molar-refractivity contribution < 1.29 is 9.59 Å². The highest BCUT2D eigenvalue weighted by atomic mass is 16.2. The van der Waals surface area contributed by atoms with Gasteiger partial charge in [0.2, 0.25) is 0 Å². The van der Waals surface area contributed by atoms with Gasteiger partial charge in [0.15, 0.2) is 0 Å². The maximum atomic E-state index is 12.8. The van der Waals surface area contributed by atoms with E-state index in [-0.39, 0.29) is 17.9 Å². The third-order valence-electron chi connectivity index (χ3n) is 4.67. The van der Waals surface area contributed by atoms with Gasteiger partial charge in [-0.25, -0.2) is 0 Å². The second-order valence-corrected chi connectivity index (χ2v) is 6.08. The number of carbonyl (C=O) groups excluding carboxylic acids is 2. The van der Waals surface area contributed by atoms with Gasteiger partial charge in [-0.3, -0.25) is 14.5 Å². The van der Waals surface area contributed by atoms with Crippen LogP contribution in [0.4, 0.5) is 0 Å². The summed E-state index contributed by atoms with van der Waals surface area (Å²) in [6.07, 6.45) is 3.34. The number of nitrogens with zero attached hydrogens (tertiary/aromatic N) is 1. The zero-order valence-electron chi connectivity index (χ0n) is 12.3. The van der Waals surface area contributed by atoms with Gasteiger partial charge in [0.1, 0.15) is 0 Å². The molecular weight excluding hydrogens is 276 g/mol. The summed E-state index contributed by atoms with van der Waals surface area (Å²) in [6.45, 7) is 1.43. The lowest BCUT2D eigenvalue weighted by Gasteiger charge is -2.32. The first-order chi connectivity index (χ1) is 10.8.